The molecule has 0 radical (unpaired) electrons. The molecule has 0 aliphatic carbocycles. The lowest BCUT2D eigenvalue weighted by Crippen LogP contribution is -2.26. The van der Waals surface area contributed by atoms with Crippen LogP contribution in [-0.4, -0.2) is 20.1 Å². The Morgan fingerprint density at radius 2 is 1.75 bits per heavy atom. The highest BCUT2D eigenvalue weighted by Crippen LogP contribution is 2.25. The lowest BCUT2D eigenvalue weighted by Gasteiger charge is -2.18. The third kappa shape index (κ3) is 3.22. The number of halogens is 2. The molecule has 0 aliphatic heterocycles. The largest absolute Gasteiger partial charge is 0.497 e. The van der Waals surface area contributed by atoms with Crippen molar-refractivity contribution in [3.8, 4) is 5.75 Å². The first-order chi connectivity index (χ1) is 9.52. The van der Waals surface area contributed by atoms with Crippen LogP contribution < -0.4 is 9.64 Å². The molecule has 104 valence electrons. The number of ether oxygens (including phenoxy) is 1. The minimum absolute atomic E-state index is 0.0802. The Hall–Kier alpha value is -1.33. The zero-order valence-electron chi connectivity index (χ0n) is 11.1. The van der Waals surface area contributed by atoms with Crippen molar-refractivity contribution in [2.75, 3.05) is 19.1 Å². The zero-order chi connectivity index (χ0) is 14.7. The average molecular weight is 399 g/mol. The maximum atomic E-state index is 12.5. The second-order valence-electron chi connectivity index (χ2n) is 4.19. The molecule has 0 bridgehead atoms. The van der Waals surface area contributed by atoms with Crippen molar-refractivity contribution in [1.29, 1.82) is 0 Å². The number of amides is 1. The van der Waals surface area contributed by atoms with Gasteiger partial charge in [0.05, 0.1) is 12.7 Å². The van der Waals surface area contributed by atoms with Gasteiger partial charge < -0.3 is 9.64 Å². The molecule has 1 amide bonds. The molecule has 0 aliphatic rings. The molecule has 2 aromatic rings. The number of methoxy groups -OCH3 is 1. The van der Waals surface area contributed by atoms with E-state index >= 15 is 0 Å². The predicted octanol–water partition coefficient (Wildman–Crippen LogP) is 4.50. The van der Waals surface area contributed by atoms with Crippen LogP contribution in [0.1, 0.15) is 10.4 Å². The van der Waals surface area contributed by atoms with Gasteiger partial charge in [0.15, 0.2) is 0 Å². The summed E-state index contributed by atoms with van der Waals surface area (Å²) in [5.41, 5.74) is 1.42. The number of nitrogens with zero attached hydrogens (tertiary/aromatic N) is 1. The van der Waals surface area contributed by atoms with Gasteiger partial charge in [0, 0.05) is 21.7 Å². The molecule has 2 rings (SSSR count). The van der Waals surface area contributed by atoms with Crippen molar-refractivity contribution in [3.05, 3.63) is 57.0 Å². The molecule has 0 heterocycles. The van der Waals surface area contributed by atoms with Crippen LogP contribution >= 0.6 is 31.9 Å². The van der Waals surface area contributed by atoms with Gasteiger partial charge in [0.25, 0.3) is 5.91 Å². The number of anilines is 1. The molecule has 5 heteroatoms. The maximum Gasteiger partial charge on any atom is 0.259 e. The minimum atomic E-state index is -0.0802. The first kappa shape index (κ1) is 15.1. The number of carbonyl (C=O) groups is 1. The summed E-state index contributed by atoms with van der Waals surface area (Å²) in [5.74, 6) is 0.682. The van der Waals surface area contributed by atoms with E-state index in [4.69, 9.17) is 4.74 Å². The summed E-state index contributed by atoms with van der Waals surface area (Å²) in [5, 5.41) is 0. The fourth-order valence-electron chi connectivity index (χ4n) is 1.77. The van der Waals surface area contributed by atoms with Crippen LogP contribution in [0.25, 0.3) is 0 Å². The average Bonchev–Trinajstić information content (AvgIpc) is 2.48. The highest BCUT2D eigenvalue weighted by molar-refractivity contribution is 9.11. The number of carbonyl (C=O) groups excluding carboxylic acids is 1. The number of rotatable bonds is 3. The van der Waals surface area contributed by atoms with Crippen LogP contribution in [-0.2, 0) is 0 Å². The highest BCUT2D eigenvalue weighted by atomic mass is 79.9. The maximum absolute atomic E-state index is 12.5. The Labute approximate surface area is 134 Å². The minimum Gasteiger partial charge on any atom is -0.497 e. The fourth-order valence-corrected chi connectivity index (χ4v) is 2.54. The first-order valence-electron chi connectivity index (χ1n) is 5.90. The molecule has 20 heavy (non-hydrogen) atoms. The smallest absolute Gasteiger partial charge is 0.259 e. The van der Waals surface area contributed by atoms with Gasteiger partial charge in [-0.2, -0.15) is 0 Å². The van der Waals surface area contributed by atoms with Gasteiger partial charge in [0.1, 0.15) is 5.75 Å². The predicted molar refractivity (Wildman–Crippen MR) is 87.6 cm³/mol. The van der Waals surface area contributed by atoms with Gasteiger partial charge in [-0.1, -0.05) is 15.9 Å². The SMILES string of the molecule is COc1ccc(N(C)C(=O)c2cc(Br)ccc2Br)cc1. The summed E-state index contributed by atoms with van der Waals surface area (Å²) < 4.78 is 6.75. The topological polar surface area (TPSA) is 29.5 Å². The second-order valence-corrected chi connectivity index (χ2v) is 5.96. The quantitative estimate of drug-likeness (QED) is 0.761. The van der Waals surface area contributed by atoms with E-state index in [1.807, 2.05) is 36.4 Å². The van der Waals surface area contributed by atoms with Crippen molar-refractivity contribution in [2.24, 2.45) is 0 Å². The van der Waals surface area contributed by atoms with Crippen LogP contribution in [0.2, 0.25) is 0 Å². The van der Waals surface area contributed by atoms with Crippen molar-refractivity contribution in [1.82, 2.24) is 0 Å². The lowest BCUT2D eigenvalue weighted by atomic mass is 10.2. The summed E-state index contributed by atoms with van der Waals surface area (Å²) >= 11 is 6.79. The van der Waals surface area contributed by atoms with Gasteiger partial charge in [0.2, 0.25) is 0 Å². The van der Waals surface area contributed by atoms with E-state index in [2.05, 4.69) is 31.9 Å². The Kier molecular flexibility index (Phi) is 4.83. The standard InChI is InChI=1S/C15H13Br2NO2/c1-18(11-4-6-12(20-2)7-5-11)15(19)13-9-10(16)3-8-14(13)17/h3-9H,1-2H3. The molecule has 0 aromatic heterocycles. The highest BCUT2D eigenvalue weighted by Gasteiger charge is 2.16. The molecule has 0 unspecified atom stereocenters. The third-order valence-electron chi connectivity index (χ3n) is 2.92. The summed E-state index contributed by atoms with van der Waals surface area (Å²) in [6.07, 6.45) is 0. The van der Waals surface area contributed by atoms with E-state index < -0.39 is 0 Å². The van der Waals surface area contributed by atoms with Gasteiger partial charge in [-0.3, -0.25) is 4.79 Å². The van der Waals surface area contributed by atoms with Crippen molar-refractivity contribution >= 4 is 43.5 Å². The van der Waals surface area contributed by atoms with Crippen molar-refractivity contribution in [2.45, 2.75) is 0 Å². The Morgan fingerprint density at radius 1 is 1.10 bits per heavy atom. The zero-order valence-corrected chi connectivity index (χ0v) is 14.2. The second kappa shape index (κ2) is 6.41. The van der Waals surface area contributed by atoms with Crippen LogP contribution in [0.3, 0.4) is 0 Å². The van der Waals surface area contributed by atoms with E-state index in [9.17, 15) is 4.79 Å². The summed E-state index contributed by atoms with van der Waals surface area (Å²) in [4.78, 5) is 14.1. The molecule has 0 atom stereocenters. The van der Waals surface area contributed by atoms with Crippen molar-refractivity contribution < 1.29 is 9.53 Å². The molecule has 2 aromatic carbocycles. The lowest BCUT2D eigenvalue weighted by molar-refractivity contribution is 0.0992. The molecule has 3 nitrogen and oxygen atoms in total. The van der Waals surface area contributed by atoms with Crippen LogP contribution in [0.5, 0.6) is 5.75 Å². The van der Waals surface area contributed by atoms with Gasteiger partial charge >= 0.3 is 0 Å². The van der Waals surface area contributed by atoms with E-state index in [-0.39, 0.29) is 5.91 Å². The Bertz CT molecular complexity index is 626. The van der Waals surface area contributed by atoms with Crippen LogP contribution in [0.4, 0.5) is 5.69 Å². The van der Waals surface area contributed by atoms with E-state index in [0.717, 1.165) is 20.4 Å². The monoisotopic (exact) mass is 397 g/mol. The number of hydrogen-bond acceptors (Lipinski definition) is 2. The van der Waals surface area contributed by atoms with E-state index in [0.29, 0.717) is 5.56 Å². The summed E-state index contributed by atoms with van der Waals surface area (Å²) in [6.45, 7) is 0. The molecule has 0 fully saturated rings. The van der Waals surface area contributed by atoms with E-state index in [1.54, 1.807) is 25.1 Å². The fraction of sp³-hybridized carbons (Fsp3) is 0.133. The van der Waals surface area contributed by atoms with Gasteiger partial charge in [-0.05, 0) is 58.4 Å². The molecular weight excluding hydrogens is 386 g/mol. The molecule has 0 N–H and O–H groups in total. The molecule has 0 saturated heterocycles. The molecule has 0 spiro atoms. The molecular formula is C15H13Br2NO2. The van der Waals surface area contributed by atoms with E-state index in [1.165, 1.54) is 0 Å². The number of hydrogen-bond donors (Lipinski definition) is 0. The van der Waals surface area contributed by atoms with Gasteiger partial charge in [-0.15, -0.1) is 0 Å². The van der Waals surface area contributed by atoms with Crippen LogP contribution in [0.15, 0.2) is 51.4 Å². The summed E-state index contributed by atoms with van der Waals surface area (Å²) in [7, 11) is 3.36. The number of benzene rings is 2. The Balaban J connectivity index is 2.29. The van der Waals surface area contributed by atoms with Crippen molar-refractivity contribution in [3.63, 3.8) is 0 Å². The Morgan fingerprint density at radius 3 is 2.35 bits per heavy atom. The van der Waals surface area contributed by atoms with Gasteiger partial charge in [-0.25, -0.2) is 0 Å². The third-order valence-corrected chi connectivity index (χ3v) is 4.11. The first-order valence-corrected chi connectivity index (χ1v) is 7.48. The summed E-state index contributed by atoms with van der Waals surface area (Å²) in [6, 6.07) is 12.9. The van der Waals surface area contributed by atoms with Crippen LogP contribution in [0, 0.1) is 0 Å². The normalized spacial score (nSPS) is 10.2. The molecule has 0 saturated carbocycles.